The molecule has 0 spiro atoms. The molecule has 0 aliphatic carbocycles. The molecule has 1 aliphatic heterocycles. The SMILES string of the molecule is CC(C)C(=O)N1CCN(Sc2ccc(C(C)(C)C)cc2)CC1. The molecule has 1 aromatic rings. The van der Waals surface area contributed by atoms with Gasteiger partial charge in [0.1, 0.15) is 0 Å². The molecule has 4 heteroatoms. The Kier molecular flexibility index (Phi) is 5.56. The van der Waals surface area contributed by atoms with Crippen molar-refractivity contribution in [3.05, 3.63) is 29.8 Å². The molecule has 0 saturated carbocycles. The number of rotatable bonds is 3. The minimum atomic E-state index is 0.101. The first-order chi connectivity index (χ1) is 10.3. The van der Waals surface area contributed by atoms with Gasteiger partial charge >= 0.3 is 0 Å². The molecule has 0 radical (unpaired) electrons. The van der Waals surface area contributed by atoms with Crippen molar-refractivity contribution in [3.8, 4) is 0 Å². The number of carbonyl (C=O) groups is 1. The summed E-state index contributed by atoms with van der Waals surface area (Å²) in [5.74, 6) is 0.378. The molecule has 122 valence electrons. The predicted octanol–water partition coefficient (Wildman–Crippen LogP) is 3.79. The third kappa shape index (κ3) is 4.50. The van der Waals surface area contributed by atoms with Gasteiger partial charge in [-0.3, -0.25) is 4.79 Å². The Morgan fingerprint density at radius 3 is 2.05 bits per heavy atom. The molecule has 1 amide bonds. The molecule has 0 aromatic heterocycles. The lowest BCUT2D eigenvalue weighted by Crippen LogP contribution is -2.47. The average molecular weight is 321 g/mol. The van der Waals surface area contributed by atoms with E-state index in [1.807, 2.05) is 18.7 Å². The van der Waals surface area contributed by atoms with Crippen molar-refractivity contribution >= 4 is 17.9 Å². The van der Waals surface area contributed by atoms with E-state index in [1.165, 1.54) is 10.5 Å². The third-order valence-electron chi connectivity index (χ3n) is 4.00. The minimum Gasteiger partial charge on any atom is -0.340 e. The second-order valence-electron chi connectivity index (χ2n) is 7.27. The van der Waals surface area contributed by atoms with Crippen molar-refractivity contribution in [2.75, 3.05) is 26.2 Å². The lowest BCUT2D eigenvalue weighted by atomic mass is 9.87. The van der Waals surface area contributed by atoms with Gasteiger partial charge in [0, 0.05) is 37.0 Å². The zero-order valence-electron chi connectivity index (χ0n) is 14.4. The largest absolute Gasteiger partial charge is 0.340 e. The molecule has 1 aromatic carbocycles. The summed E-state index contributed by atoms with van der Waals surface area (Å²) in [5.41, 5.74) is 1.57. The molecule has 3 nitrogen and oxygen atoms in total. The normalized spacial score (nSPS) is 17.1. The Morgan fingerprint density at radius 1 is 1.05 bits per heavy atom. The Bertz CT molecular complexity index is 497. The average Bonchev–Trinajstić information content (AvgIpc) is 2.47. The summed E-state index contributed by atoms with van der Waals surface area (Å²) in [7, 11) is 0. The Labute approximate surface area is 139 Å². The summed E-state index contributed by atoms with van der Waals surface area (Å²) in [6.45, 7) is 14.2. The van der Waals surface area contributed by atoms with Crippen LogP contribution in [-0.2, 0) is 10.2 Å². The monoisotopic (exact) mass is 320 g/mol. The van der Waals surface area contributed by atoms with Crippen LogP contribution in [0.1, 0.15) is 40.2 Å². The lowest BCUT2D eigenvalue weighted by Gasteiger charge is -2.34. The minimum absolute atomic E-state index is 0.101. The summed E-state index contributed by atoms with van der Waals surface area (Å²) >= 11 is 1.80. The number of benzene rings is 1. The molecule has 1 saturated heterocycles. The second kappa shape index (κ2) is 7.05. The molecule has 1 fully saturated rings. The van der Waals surface area contributed by atoms with E-state index in [0.717, 1.165) is 26.2 Å². The second-order valence-corrected chi connectivity index (χ2v) is 8.45. The Hall–Kier alpha value is -1.00. The van der Waals surface area contributed by atoms with Gasteiger partial charge in [0.25, 0.3) is 0 Å². The molecule has 0 atom stereocenters. The molecule has 2 rings (SSSR count). The number of nitrogens with zero attached hydrogens (tertiary/aromatic N) is 2. The quantitative estimate of drug-likeness (QED) is 0.792. The highest BCUT2D eigenvalue weighted by Crippen LogP contribution is 2.28. The van der Waals surface area contributed by atoms with Crippen LogP contribution in [0, 0.1) is 5.92 Å². The molecule has 0 bridgehead atoms. The number of hydrogen-bond acceptors (Lipinski definition) is 3. The molecule has 0 unspecified atom stereocenters. The highest BCUT2D eigenvalue weighted by atomic mass is 32.2. The third-order valence-corrected chi connectivity index (χ3v) is 5.11. The molecule has 0 N–H and O–H groups in total. The first-order valence-corrected chi connectivity index (χ1v) is 8.87. The van der Waals surface area contributed by atoms with Crippen molar-refractivity contribution < 1.29 is 4.79 Å². The number of carbonyl (C=O) groups excluding carboxylic acids is 1. The number of piperazine rings is 1. The highest BCUT2D eigenvalue weighted by Gasteiger charge is 2.23. The Morgan fingerprint density at radius 2 is 1.59 bits per heavy atom. The topological polar surface area (TPSA) is 23.6 Å². The van der Waals surface area contributed by atoms with Crippen molar-refractivity contribution in [3.63, 3.8) is 0 Å². The number of amides is 1. The van der Waals surface area contributed by atoms with Crippen LogP contribution in [-0.4, -0.2) is 41.3 Å². The maximum absolute atomic E-state index is 12.0. The van der Waals surface area contributed by atoms with Gasteiger partial charge in [-0.15, -0.1) is 0 Å². The van der Waals surface area contributed by atoms with Crippen LogP contribution in [0.4, 0.5) is 0 Å². The summed E-state index contributed by atoms with van der Waals surface area (Å²) in [6, 6.07) is 8.86. The van der Waals surface area contributed by atoms with E-state index >= 15 is 0 Å². The van der Waals surface area contributed by atoms with Crippen molar-refractivity contribution in [1.82, 2.24) is 9.21 Å². The van der Waals surface area contributed by atoms with Crippen LogP contribution in [0.15, 0.2) is 29.2 Å². The van der Waals surface area contributed by atoms with E-state index in [0.29, 0.717) is 0 Å². The fourth-order valence-electron chi connectivity index (χ4n) is 2.53. The van der Waals surface area contributed by atoms with E-state index in [-0.39, 0.29) is 17.2 Å². The summed E-state index contributed by atoms with van der Waals surface area (Å²) in [6.07, 6.45) is 0. The van der Waals surface area contributed by atoms with Gasteiger partial charge < -0.3 is 4.90 Å². The van der Waals surface area contributed by atoms with Gasteiger partial charge in [-0.25, -0.2) is 4.31 Å². The molecule has 22 heavy (non-hydrogen) atoms. The van der Waals surface area contributed by atoms with Crippen LogP contribution >= 0.6 is 11.9 Å². The maximum Gasteiger partial charge on any atom is 0.225 e. The smallest absolute Gasteiger partial charge is 0.225 e. The first-order valence-electron chi connectivity index (χ1n) is 8.09. The standard InChI is InChI=1S/C18H28N2OS/c1-14(2)17(21)19-10-12-20(13-11-19)22-16-8-6-15(7-9-16)18(3,4)5/h6-9,14H,10-13H2,1-5H3. The summed E-state index contributed by atoms with van der Waals surface area (Å²) in [4.78, 5) is 15.3. The fourth-order valence-corrected chi connectivity index (χ4v) is 3.43. The Balaban J connectivity index is 1.87. The number of hydrogen-bond donors (Lipinski definition) is 0. The molecular formula is C18H28N2OS. The molecule has 1 heterocycles. The van der Waals surface area contributed by atoms with Gasteiger partial charge in [-0.1, -0.05) is 46.8 Å². The highest BCUT2D eigenvalue weighted by molar-refractivity contribution is 7.97. The zero-order chi connectivity index (χ0) is 16.3. The van der Waals surface area contributed by atoms with Crippen molar-refractivity contribution in [2.24, 2.45) is 5.92 Å². The van der Waals surface area contributed by atoms with Crippen LogP contribution in [0.3, 0.4) is 0 Å². The van der Waals surface area contributed by atoms with E-state index in [2.05, 4.69) is 49.3 Å². The van der Waals surface area contributed by atoms with Gasteiger partial charge in [0.15, 0.2) is 0 Å². The van der Waals surface area contributed by atoms with Crippen LogP contribution in [0.5, 0.6) is 0 Å². The fraction of sp³-hybridized carbons (Fsp3) is 0.611. The van der Waals surface area contributed by atoms with Gasteiger partial charge in [0.2, 0.25) is 5.91 Å². The van der Waals surface area contributed by atoms with Crippen LogP contribution in [0.2, 0.25) is 0 Å². The molecular weight excluding hydrogens is 292 g/mol. The van der Waals surface area contributed by atoms with E-state index < -0.39 is 0 Å². The zero-order valence-corrected chi connectivity index (χ0v) is 15.2. The van der Waals surface area contributed by atoms with Crippen molar-refractivity contribution in [2.45, 2.75) is 44.9 Å². The van der Waals surface area contributed by atoms with E-state index in [4.69, 9.17) is 0 Å². The van der Waals surface area contributed by atoms with Crippen LogP contribution < -0.4 is 0 Å². The summed E-state index contributed by atoms with van der Waals surface area (Å²) < 4.78 is 2.36. The van der Waals surface area contributed by atoms with Gasteiger partial charge in [-0.05, 0) is 35.1 Å². The van der Waals surface area contributed by atoms with Crippen molar-refractivity contribution in [1.29, 1.82) is 0 Å². The van der Waals surface area contributed by atoms with E-state index in [9.17, 15) is 4.79 Å². The van der Waals surface area contributed by atoms with E-state index in [1.54, 1.807) is 11.9 Å². The lowest BCUT2D eigenvalue weighted by molar-refractivity contribution is -0.135. The summed E-state index contributed by atoms with van der Waals surface area (Å²) in [5, 5.41) is 0. The first kappa shape index (κ1) is 17.4. The maximum atomic E-state index is 12.0. The molecule has 1 aliphatic rings. The van der Waals surface area contributed by atoms with Crippen LogP contribution in [0.25, 0.3) is 0 Å². The van der Waals surface area contributed by atoms with Gasteiger partial charge in [-0.2, -0.15) is 0 Å². The predicted molar refractivity (Wildman–Crippen MR) is 94.0 cm³/mol. The van der Waals surface area contributed by atoms with Gasteiger partial charge in [0.05, 0.1) is 0 Å².